The number of carbonyl (C=O) groups excluding carboxylic acids is 2. The summed E-state index contributed by atoms with van der Waals surface area (Å²) >= 11 is 0. The van der Waals surface area contributed by atoms with Crippen LogP contribution in [0.4, 0.5) is 5.69 Å². The summed E-state index contributed by atoms with van der Waals surface area (Å²) < 4.78 is 5.75. The Kier molecular flexibility index (Phi) is 6.55. The van der Waals surface area contributed by atoms with E-state index < -0.39 is 17.7 Å². The lowest BCUT2D eigenvalue weighted by molar-refractivity contribution is -0.132. The van der Waals surface area contributed by atoms with Gasteiger partial charge in [-0.15, -0.1) is 0 Å². The Labute approximate surface area is 200 Å². The minimum absolute atomic E-state index is 0.0818. The van der Waals surface area contributed by atoms with Crippen molar-refractivity contribution in [3.63, 3.8) is 0 Å². The molecule has 3 aromatic rings. The van der Waals surface area contributed by atoms with E-state index in [1.807, 2.05) is 82.3 Å². The predicted molar refractivity (Wildman–Crippen MR) is 134 cm³/mol. The van der Waals surface area contributed by atoms with Crippen LogP contribution in [-0.2, 0) is 9.59 Å². The van der Waals surface area contributed by atoms with Crippen molar-refractivity contribution in [2.45, 2.75) is 39.7 Å². The molecule has 0 bridgehead atoms. The van der Waals surface area contributed by atoms with Gasteiger partial charge >= 0.3 is 0 Å². The molecule has 1 N–H and O–H groups in total. The lowest BCUT2D eigenvalue weighted by Crippen LogP contribution is -2.29. The fourth-order valence-corrected chi connectivity index (χ4v) is 4.43. The molecule has 5 heteroatoms. The predicted octanol–water partition coefficient (Wildman–Crippen LogP) is 6.14. The molecule has 0 saturated carbocycles. The van der Waals surface area contributed by atoms with Gasteiger partial charge in [-0.05, 0) is 61.2 Å². The molecule has 1 heterocycles. The van der Waals surface area contributed by atoms with Crippen LogP contribution in [0.25, 0.3) is 5.76 Å². The number of para-hydroxylation sites is 1. The van der Waals surface area contributed by atoms with E-state index in [4.69, 9.17) is 4.74 Å². The molecule has 3 aromatic carbocycles. The summed E-state index contributed by atoms with van der Waals surface area (Å²) in [6.45, 7) is 8.50. The Hall–Kier alpha value is -3.86. The van der Waals surface area contributed by atoms with E-state index >= 15 is 0 Å². The summed E-state index contributed by atoms with van der Waals surface area (Å²) in [5.74, 6) is -0.655. The molecule has 1 atom stereocenters. The number of rotatable bonds is 6. The van der Waals surface area contributed by atoms with Crippen LogP contribution in [0.3, 0.4) is 0 Å². The molecule has 0 radical (unpaired) electrons. The molecular formula is C29H29NO4. The highest BCUT2D eigenvalue weighted by molar-refractivity contribution is 6.51. The van der Waals surface area contributed by atoms with Crippen LogP contribution in [0.2, 0.25) is 0 Å². The maximum Gasteiger partial charge on any atom is 0.300 e. The third-order valence-corrected chi connectivity index (χ3v) is 6.04. The van der Waals surface area contributed by atoms with Crippen LogP contribution in [-0.4, -0.2) is 23.4 Å². The number of ketones is 1. The molecule has 0 aromatic heterocycles. The second kappa shape index (κ2) is 9.56. The third-order valence-electron chi connectivity index (χ3n) is 6.04. The molecule has 0 aliphatic carbocycles. The second-order valence-corrected chi connectivity index (χ2v) is 8.76. The summed E-state index contributed by atoms with van der Waals surface area (Å²) in [6.07, 6.45) is 0. The molecule has 1 fully saturated rings. The Bertz CT molecular complexity index is 1260. The molecule has 34 heavy (non-hydrogen) atoms. The number of hydrogen-bond acceptors (Lipinski definition) is 4. The van der Waals surface area contributed by atoms with Crippen LogP contribution in [0.15, 0.2) is 78.4 Å². The van der Waals surface area contributed by atoms with Crippen LogP contribution >= 0.6 is 0 Å². The average molecular weight is 456 g/mol. The Morgan fingerprint density at radius 2 is 1.74 bits per heavy atom. The lowest BCUT2D eigenvalue weighted by atomic mass is 9.92. The lowest BCUT2D eigenvalue weighted by Gasteiger charge is -2.25. The number of carbonyl (C=O) groups is 2. The summed E-state index contributed by atoms with van der Waals surface area (Å²) in [7, 11) is 0. The second-order valence-electron chi connectivity index (χ2n) is 8.76. The fraction of sp³-hybridized carbons (Fsp3) is 0.241. The van der Waals surface area contributed by atoms with Gasteiger partial charge in [0.25, 0.3) is 11.7 Å². The first-order valence-corrected chi connectivity index (χ1v) is 11.5. The van der Waals surface area contributed by atoms with E-state index in [2.05, 4.69) is 0 Å². The number of Topliss-reactive ketones (excluding diaryl/α,β-unsaturated/α-hetero) is 1. The number of aryl methyl sites for hydroxylation is 1. The van der Waals surface area contributed by atoms with Gasteiger partial charge < -0.3 is 9.84 Å². The number of hydrogen-bond donors (Lipinski definition) is 1. The molecule has 5 nitrogen and oxygen atoms in total. The standard InChI is InChI=1S/C29H29NO4/c1-5-34-24-15-14-21(17-23(24)18(2)3)27(31)25-26(20-11-9-10-19(4)16-20)30(29(33)28(25)32)22-12-7-6-8-13-22/h6-18,26,31H,5H2,1-4H3/b27-25-. The van der Waals surface area contributed by atoms with Gasteiger partial charge in [-0.25, -0.2) is 0 Å². The SMILES string of the molecule is CCOc1ccc(/C(O)=C2/C(=O)C(=O)N(c3ccccc3)C2c2cccc(C)c2)cc1C(C)C. The van der Waals surface area contributed by atoms with E-state index in [9.17, 15) is 14.7 Å². The topological polar surface area (TPSA) is 66.8 Å². The van der Waals surface area contributed by atoms with Crippen LogP contribution < -0.4 is 9.64 Å². The summed E-state index contributed by atoms with van der Waals surface area (Å²) in [5.41, 5.74) is 3.85. The van der Waals surface area contributed by atoms with E-state index in [0.29, 0.717) is 17.9 Å². The van der Waals surface area contributed by atoms with Crippen molar-refractivity contribution in [1.29, 1.82) is 0 Å². The molecule has 174 valence electrons. The fourth-order valence-electron chi connectivity index (χ4n) is 4.43. The molecule has 0 spiro atoms. The van der Waals surface area contributed by atoms with Crippen molar-refractivity contribution >= 4 is 23.1 Å². The maximum absolute atomic E-state index is 13.3. The highest BCUT2D eigenvalue weighted by atomic mass is 16.5. The van der Waals surface area contributed by atoms with E-state index in [-0.39, 0.29) is 17.3 Å². The van der Waals surface area contributed by atoms with Gasteiger partial charge in [0.1, 0.15) is 11.5 Å². The van der Waals surface area contributed by atoms with Crippen molar-refractivity contribution in [3.8, 4) is 5.75 Å². The molecule has 1 unspecified atom stereocenters. The highest BCUT2D eigenvalue weighted by Gasteiger charge is 2.47. The summed E-state index contributed by atoms with van der Waals surface area (Å²) in [5, 5.41) is 11.4. The quantitative estimate of drug-likeness (QED) is 0.275. The number of anilines is 1. The first-order valence-electron chi connectivity index (χ1n) is 11.5. The van der Waals surface area contributed by atoms with Crippen molar-refractivity contribution in [2.24, 2.45) is 0 Å². The third kappa shape index (κ3) is 4.21. The first kappa shape index (κ1) is 23.3. The Balaban J connectivity index is 1.93. The van der Waals surface area contributed by atoms with E-state index in [0.717, 1.165) is 22.4 Å². The van der Waals surface area contributed by atoms with Gasteiger partial charge in [0, 0.05) is 11.3 Å². The van der Waals surface area contributed by atoms with E-state index in [1.165, 1.54) is 4.90 Å². The normalized spacial score (nSPS) is 17.4. The van der Waals surface area contributed by atoms with Gasteiger partial charge in [-0.3, -0.25) is 14.5 Å². The van der Waals surface area contributed by atoms with Gasteiger partial charge in [-0.2, -0.15) is 0 Å². The largest absolute Gasteiger partial charge is 0.507 e. The minimum Gasteiger partial charge on any atom is -0.507 e. The Morgan fingerprint density at radius 1 is 1.00 bits per heavy atom. The number of benzene rings is 3. The first-order chi connectivity index (χ1) is 16.3. The molecule has 1 saturated heterocycles. The number of aliphatic hydroxyl groups excluding tert-OH is 1. The molecule has 1 aliphatic rings. The molecular weight excluding hydrogens is 426 g/mol. The number of ether oxygens (including phenoxy) is 1. The van der Waals surface area contributed by atoms with Gasteiger partial charge in [-0.1, -0.05) is 61.9 Å². The number of aliphatic hydroxyl groups is 1. The molecule has 1 aliphatic heterocycles. The zero-order valence-corrected chi connectivity index (χ0v) is 19.9. The van der Waals surface area contributed by atoms with Crippen molar-refractivity contribution in [3.05, 3.63) is 101 Å². The van der Waals surface area contributed by atoms with Crippen LogP contribution in [0, 0.1) is 6.92 Å². The minimum atomic E-state index is -0.739. The monoisotopic (exact) mass is 455 g/mol. The van der Waals surface area contributed by atoms with Crippen molar-refractivity contribution in [1.82, 2.24) is 0 Å². The van der Waals surface area contributed by atoms with Gasteiger partial charge in [0.05, 0.1) is 18.2 Å². The number of nitrogens with zero attached hydrogens (tertiary/aromatic N) is 1. The Morgan fingerprint density at radius 3 is 2.38 bits per heavy atom. The van der Waals surface area contributed by atoms with Crippen molar-refractivity contribution in [2.75, 3.05) is 11.5 Å². The maximum atomic E-state index is 13.3. The smallest absolute Gasteiger partial charge is 0.300 e. The number of amides is 1. The average Bonchev–Trinajstić information content (AvgIpc) is 3.10. The van der Waals surface area contributed by atoms with Crippen LogP contribution in [0.1, 0.15) is 55.0 Å². The van der Waals surface area contributed by atoms with Gasteiger partial charge in [0.15, 0.2) is 0 Å². The van der Waals surface area contributed by atoms with Crippen LogP contribution in [0.5, 0.6) is 5.75 Å². The molecule has 1 amide bonds. The highest BCUT2D eigenvalue weighted by Crippen LogP contribution is 2.42. The zero-order chi connectivity index (χ0) is 24.4. The summed E-state index contributed by atoms with van der Waals surface area (Å²) in [4.78, 5) is 28.0. The summed E-state index contributed by atoms with van der Waals surface area (Å²) in [6, 6.07) is 21.4. The van der Waals surface area contributed by atoms with Gasteiger partial charge in [0.2, 0.25) is 0 Å². The zero-order valence-electron chi connectivity index (χ0n) is 19.9. The molecule has 4 rings (SSSR count). The van der Waals surface area contributed by atoms with Crippen molar-refractivity contribution < 1.29 is 19.4 Å². The van der Waals surface area contributed by atoms with E-state index in [1.54, 1.807) is 18.2 Å².